The number of hydrogen-bond donors (Lipinski definition) is 1. The Labute approximate surface area is 126 Å². The summed E-state index contributed by atoms with van der Waals surface area (Å²) in [4.78, 5) is 16.0. The first-order valence-corrected chi connectivity index (χ1v) is 7.38. The molecule has 21 heavy (non-hydrogen) atoms. The Balaban J connectivity index is 1.81. The van der Waals surface area contributed by atoms with E-state index in [0.717, 1.165) is 26.2 Å². The predicted octanol–water partition coefficient (Wildman–Crippen LogP) is 0.876. The number of Topliss-reactive ketones (excluding diaryl/α,β-unsaturated/α-hetero) is 1. The van der Waals surface area contributed by atoms with Crippen molar-refractivity contribution in [1.29, 1.82) is 0 Å². The maximum absolute atomic E-state index is 11.5. The number of aliphatic hydroxyl groups is 1. The Morgan fingerprint density at radius 2 is 1.95 bits per heavy atom. The van der Waals surface area contributed by atoms with E-state index in [4.69, 9.17) is 4.74 Å². The van der Waals surface area contributed by atoms with Gasteiger partial charge in [0.05, 0.1) is 5.56 Å². The van der Waals surface area contributed by atoms with Crippen LogP contribution in [0.3, 0.4) is 0 Å². The fraction of sp³-hybridized carbons (Fsp3) is 0.562. The van der Waals surface area contributed by atoms with Crippen LogP contribution in [0.25, 0.3) is 0 Å². The van der Waals surface area contributed by atoms with E-state index in [0.29, 0.717) is 17.9 Å². The SMILES string of the molecule is CC(=O)c1ccccc1OCC(O)CN1CCN(C)CC1. The van der Waals surface area contributed by atoms with Crippen LogP contribution < -0.4 is 4.74 Å². The quantitative estimate of drug-likeness (QED) is 0.789. The smallest absolute Gasteiger partial charge is 0.163 e. The van der Waals surface area contributed by atoms with Gasteiger partial charge in [-0.2, -0.15) is 0 Å². The van der Waals surface area contributed by atoms with Crippen LogP contribution in [0.2, 0.25) is 0 Å². The third kappa shape index (κ3) is 4.81. The molecule has 1 atom stereocenters. The lowest BCUT2D eigenvalue weighted by Gasteiger charge is -2.33. The molecule has 1 unspecified atom stereocenters. The average Bonchev–Trinajstić information content (AvgIpc) is 2.48. The van der Waals surface area contributed by atoms with Gasteiger partial charge in [-0.05, 0) is 26.1 Å². The zero-order valence-electron chi connectivity index (χ0n) is 12.8. The number of hydrogen-bond acceptors (Lipinski definition) is 5. The van der Waals surface area contributed by atoms with Gasteiger partial charge in [-0.15, -0.1) is 0 Å². The summed E-state index contributed by atoms with van der Waals surface area (Å²) in [7, 11) is 2.11. The van der Waals surface area contributed by atoms with Gasteiger partial charge in [0.2, 0.25) is 0 Å². The van der Waals surface area contributed by atoms with Crippen molar-refractivity contribution < 1.29 is 14.6 Å². The minimum atomic E-state index is -0.548. The van der Waals surface area contributed by atoms with E-state index < -0.39 is 6.10 Å². The number of ketones is 1. The van der Waals surface area contributed by atoms with Crippen LogP contribution in [0, 0.1) is 0 Å². The van der Waals surface area contributed by atoms with Crippen molar-refractivity contribution in [2.24, 2.45) is 0 Å². The second-order valence-electron chi connectivity index (χ2n) is 5.62. The number of carbonyl (C=O) groups is 1. The molecule has 0 spiro atoms. The Morgan fingerprint density at radius 1 is 1.29 bits per heavy atom. The first kappa shape index (κ1) is 15.9. The third-order valence-electron chi connectivity index (χ3n) is 3.76. The van der Waals surface area contributed by atoms with Crippen LogP contribution in [0.4, 0.5) is 0 Å². The lowest BCUT2D eigenvalue weighted by atomic mass is 10.1. The zero-order chi connectivity index (χ0) is 15.2. The molecule has 5 nitrogen and oxygen atoms in total. The average molecular weight is 292 g/mol. The van der Waals surface area contributed by atoms with Gasteiger partial charge in [-0.1, -0.05) is 12.1 Å². The number of ether oxygens (including phenoxy) is 1. The van der Waals surface area contributed by atoms with Crippen LogP contribution >= 0.6 is 0 Å². The van der Waals surface area contributed by atoms with Gasteiger partial charge < -0.3 is 14.7 Å². The number of carbonyl (C=O) groups excluding carboxylic acids is 1. The highest BCUT2D eigenvalue weighted by molar-refractivity contribution is 5.96. The number of benzene rings is 1. The summed E-state index contributed by atoms with van der Waals surface area (Å²) in [5, 5.41) is 10.1. The maximum atomic E-state index is 11.5. The molecule has 1 aromatic carbocycles. The molecule has 0 aliphatic carbocycles. The molecule has 0 aromatic heterocycles. The lowest BCUT2D eigenvalue weighted by molar-refractivity contribution is 0.0501. The summed E-state index contributed by atoms with van der Waals surface area (Å²) < 4.78 is 5.61. The van der Waals surface area contributed by atoms with Crippen LogP contribution in [0.1, 0.15) is 17.3 Å². The molecule has 5 heteroatoms. The molecule has 1 aliphatic heterocycles. The minimum Gasteiger partial charge on any atom is -0.490 e. The molecule has 1 heterocycles. The first-order chi connectivity index (χ1) is 10.1. The number of para-hydroxylation sites is 1. The Kier molecular flexibility index (Phi) is 5.73. The van der Waals surface area contributed by atoms with Crippen LogP contribution in [-0.2, 0) is 0 Å². The summed E-state index contributed by atoms with van der Waals surface area (Å²) >= 11 is 0. The van der Waals surface area contributed by atoms with Gasteiger partial charge in [0, 0.05) is 32.7 Å². The second kappa shape index (κ2) is 7.54. The van der Waals surface area contributed by atoms with E-state index in [-0.39, 0.29) is 12.4 Å². The van der Waals surface area contributed by atoms with Crippen molar-refractivity contribution >= 4 is 5.78 Å². The van der Waals surface area contributed by atoms with E-state index >= 15 is 0 Å². The molecule has 0 bridgehead atoms. The van der Waals surface area contributed by atoms with Crippen molar-refractivity contribution in [3.8, 4) is 5.75 Å². The molecule has 1 saturated heterocycles. The Bertz CT molecular complexity index is 470. The number of β-amino-alcohol motifs (C(OH)–C–C–N with tert-alkyl or cyclic N) is 1. The summed E-state index contributed by atoms with van der Waals surface area (Å²) in [5.41, 5.74) is 0.560. The van der Waals surface area contributed by atoms with E-state index in [1.807, 2.05) is 12.1 Å². The van der Waals surface area contributed by atoms with Crippen molar-refractivity contribution in [3.05, 3.63) is 29.8 Å². The van der Waals surface area contributed by atoms with Gasteiger partial charge in [-0.3, -0.25) is 9.69 Å². The molecular formula is C16H24N2O3. The maximum Gasteiger partial charge on any atom is 0.163 e. The molecule has 0 saturated carbocycles. The monoisotopic (exact) mass is 292 g/mol. The Hall–Kier alpha value is -1.43. The van der Waals surface area contributed by atoms with Gasteiger partial charge in [0.1, 0.15) is 18.5 Å². The number of nitrogens with zero attached hydrogens (tertiary/aromatic N) is 2. The van der Waals surface area contributed by atoms with Crippen LogP contribution in [-0.4, -0.2) is 73.2 Å². The highest BCUT2D eigenvalue weighted by atomic mass is 16.5. The Morgan fingerprint density at radius 3 is 2.62 bits per heavy atom. The van der Waals surface area contributed by atoms with Gasteiger partial charge in [0.25, 0.3) is 0 Å². The molecule has 1 N–H and O–H groups in total. The first-order valence-electron chi connectivity index (χ1n) is 7.38. The van der Waals surface area contributed by atoms with Crippen molar-refractivity contribution in [2.45, 2.75) is 13.0 Å². The summed E-state index contributed by atoms with van der Waals surface area (Å²) in [6, 6.07) is 7.14. The second-order valence-corrected chi connectivity index (χ2v) is 5.62. The van der Waals surface area contributed by atoms with E-state index in [2.05, 4.69) is 16.8 Å². The molecule has 116 valence electrons. The summed E-state index contributed by atoms with van der Waals surface area (Å²) in [5.74, 6) is 0.515. The van der Waals surface area contributed by atoms with Crippen molar-refractivity contribution in [2.75, 3.05) is 46.4 Å². The van der Waals surface area contributed by atoms with Crippen LogP contribution in [0.15, 0.2) is 24.3 Å². The standard InChI is InChI=1S/C16H24N2O3/c1-13(19)15-5-3-4-6-16(15)21-12-14(20)11-18-9-7-17(2)8-10-18/h3-6,14,20H,7-12H2,1-2H3. The van der Waals surface area contributed by atoms with E-state index in [1.165, 1.54) is 6.92 Å². The van der Waals surface area contributed by atoms with Crippen molar-refractivity contribution in [3.63, 3.8) is 0 Å². The predicted molar refractivity (Wildman–Crippen MR) is 81.9 cm³/mol. The number of rotatable bonds is 6. The third-order valence-corrected chi connectivity index (χ3v) is 3.76. The lowest BCUT2D eigenvalue weighted by Crippen LogP contribution is -2.47. The summed E-state index contributed by atoms with van der Waals surface area (Å²) in [6.07, 6.45) is -0.548. The fourth-order valence-corrected chi connectivity index (χ4v) is 2.45. The zero-order valence-corrected chi connectivity index (χ0v) is 12.8. The fourth-order valence-electron chi connectivity index (χ4n) is 2.45. The highest BCUT2D eigenvalue weighted by Gasteiger charge is 2.18. The van der Waals surface area contributed by atoms with Crippen molar-refractivity contribution in [1.82, 2.24) is 9.80 Å². The normalized spacial score (nSPS) is 18.4. The highest BCUT2D eigenvalue weighted by Crippen LogP contribution is 2.18. The largest absolute Gasteiger partial charge is 0.490 e. The number of aliphatic hydroxyl groups excluding tert-OH is 1. The molecule has 2 rings (SSSR count). The number of piperazine rings is 1. The minimum absolute atomic E-state index is 0.0286. The molecule has 0 radical (unpaired) electrons. The van der Waals surface area contributed by atoms with Gasteiger partial charge in [-0.25, -0.2) is 0 Å². The molecular weight excluding hydrogens is 268 g/mol. The van der Waals surface area contributed by atoms with E-state index in [9.17, 15) is 9.90 Å². The molecule has 0 amide bonds. The van der Waals surface area contributed by atoms with Gasteiger partial charge >= 0.3 is 0 Å². The molecule has 1 aliphatic rings. The summed E-state index contributed by atoms with van der Waals surface area (Å²) in [6.45, 7) is 6.33. The molecule has 1 fully saturated rings. The van der Waals surface area contributed by atoms with Gasteiger partial charge in [0.15, 0.2) is 5.78 Å². The van der Waals surface area contributed by atoms with E-state index in [1.54, 1.807) is 12.1 Å². The van der Waals surface area contributed by atoms with Crippen LogP contribution in [0.5, 0.6) is 5.75 Å². The number of likely N-dealkylation sites (N-methyl/N-ethyl adjacent to an activating group) is 1. The topological polar surface area (TPSA) is 53.0 Å². The molecule has 1 aromatic rings.